The Bertz CT molecular complexity index is 546. The Morgan fingerprint density at radius 2 is 1.91 bits per heavy atom. The number of anilines is 1. The Labute approximate surface area is 143 Å². The molecule has 1 aliphatic carbocycles. The highest BCUT2D eigenvalue weighted by Crippen LogP contribution is 2.30. The second-order valence-corrected chi connectivity index (χ2v) is 5.99. The number of hydrogen-bond donors (Lipinski definition) is 3. The van der Waals surface area contributed by atoms with Gasteiger partial charge in [-0.05, 0) is 43.9 Å². The Kier molecular flexibility index (Phi) is 7.03. The van der Waals surface area contributed by atoms with Gasteiger partial charge in [-0.15, -0.1) is 12.4 Å². The summed E-state index contributed by atoms with van der Waals surface area (Å²) in [6, 6.07) is 7.03. The summed E-state index contributed by atoms with van der Waals surface area (Å²) < 4.78 is 0. The van der Waals surface area contributed by atoms with Gasteiger partial charge in [0.05, 0.1) is 5.54 Å². The van der Waals surface area contributed by atoms with Crippen LogP contribution in [0, 0.1) is 5.92 Å². The standard InChI is InChI=1S/C17H25N3O2.ClH/c1-3-17(4-2,11-18)20-16(22)13-6-5-7-14(10-13)19-15(21)12-8-9-12;/h5-7,10,12H,3-4,8-9,11,18H2,1-2H3,(H,19,21)(H,20,22);1H. The van der Waals surface area contributed by atoms with Gasteiger partial charge in [-0.1, -0.05) is 19.9 Å². The molecule has 0 radical (unpaired) electrons. The third kappa shape index (κ3) is 4.94. The summed E-state index contributed by atoms with van der Waals surface area (Å²) in [5.74, 6) is 0.0233. The number of carbonyl (C=O) groups is 2. The first-order valence-corrected chi connectivity index (χ1v) is 7.97. The highest BCUT2D eigenvalue weighted by molar-refractivity contribution is 5.98. The van der Waals surface area contributed by atoms with Gasteiger partial charge in [0.2, 0.25) is 5.91 Å². The molecule has 4 N–H and O–H groups in total. The van der Waals surface area contributed by atoms with Gasteiger partial charge in [0.25, 0.3) is 5.91 Å². The zero-order valence-electron chi connectivity index (χ0n) is 13.7. The molecule has 23 heavy (non-hydrogen) atoms. The average molecular weight is 340 g/mol. The van der Waals surface area contributed by atoms with E-state index in [9.17, 15) is 9.59 Å². The lowest BCUT2D eigenvalue weighted by atomic mass is 9.92. The van der Waals surface area contributed by atoms with Crippen molar-refractivity contribution in [2.75, 3.05) is 11.9 Å². The van der Waals surface area contributed by atoms with Crippen molar-refractivity contribution >= 4 is 29.9 Å². The van der Waals surface area contributed by atoms with E-state index in [1.807, 2.05) is 13.8 Å². The Morgan fingerprint density at radius 3 is 2.43 bits per heavy atom. The quantitative estimate of drug-likeness (QED) is 0.714. The number of benzene rings is 1. The molecule has 1 fully saturated rings. The van der Waals surface area contributed by atoms with Crippen LogP contribution in [-0.4, -0.2) is 23.9 Å². The van der Waals surface area contributed by atoms with E-state index in [1.165, 1.54) is 0 Å². The number of carbonyl (C=O) groups excluding carboxylic acids is 2. The van der Waals surface area contributed by atoms with Crippen molar-refractivity contribution in [2.45, 2.75) is 45.1 Å². The lowest BCUT2D eigenvalue weighted by Gasteiger charge is -2.31. The van der Waals surface area contributed by atoms with Gasteiger partial charge in [-0.3, -0.25) is 9.59 Å². The fraction of sp³-hybridized carbons (Fsp3) is 0.529. The normalized spacial score (nSPS) is 13.9. The van der Waals surface area contributed by atoms with Crippen LogP contribution in [0.4, 0.5) is 5.69 Å². The molecule has 0 aliphatic heterocycles. The summed E-state index contributed by atoms with van der Waals surface area (Å²) in [6.07, 6.45) is 3.48. The summed E-state index contributed by atoms with van der Waals surface area (Å²) >= 11 is 0. The number of hydrogen-bond acceptors (Lipinski definition) is 3. The van der Waals surface area contributed by atoms with E-state index in [4.69, 9.17) is 5.73 Å². The molecular formula is C17H26ClN3O2. The summed E-state index contributed by atoms with van der Waals surface area (Å²) in [7, 11) is 0. The monoisotopic (exact) mass is 339 g/mol. The molecule has 1 aromatic carbocycles. The van der Waals surface area contributed by atoms with Gasteiger partial charge < -0.3 is 16.4 Å². The molecule has 1 saturated carbocycles. The molecular weight excluding hydrogens is 314 g/mol. The molecule has 0 bridgehead atoms. The molecule has 0 unspecified atom stereocenters. The molecule has 5 nitrogen and oxygen atoms in total. The largest absolute Gasteiger partial charge is 0.345 e. The lowest BCUT2D eigenvalue weighted by molar-refractivity contribution is -0.117. The fourth-order valence-corrected chi connectivity index (χ4v) is 2.41. The third-order valence-electron chi connectivity index (χ3n) is 4.46. The summed E-state index contributed by atoms with van der Waals surface area (Å²) in [5, 5.41) is 5.90. The Balaban J connectivity index is 0.00000264. The van der Waals surface area contributed by atoms with Crippen molar-refractivity contribution < 1.29 is 9.59 Å². The predicted molar refractivity (Wildman–Crippen MR) is 94.9 cm³/mol. The molecule has 6 heteroatoms. The fourth-order valence-electron chi connectivity index (χ4n) is 2.41. The maximum absolute atomic E-state index is 12.4. The molecule has 0 atom stereocenters. The van der Waals surface area contributed by atoms with Crippen molar-refractivity contribution in [1.29, 1.82) is 0 Å². The molecule has 2 amide bonds. The molecule has 1 aliphatic rings. The molecule has 1 aromatic rings. The van der Waals surface area contributed by atoms with E-state index in [-0.39, 0.29) is 35.7 Å². The van der Waals surface area contributed by atoms with Crippen LogP contribution in [0.1, 0.15) is 49.9 Å². The van der Waals surface area contributed by atoms with Crippen LogP contribution < -0.4 is 16.4 Å². The number of amides is 2. The van der Waals surface area contributed by atoms with E-state index in [1.54, 1.807) is 24.3 Å². The second-order valence-electron chi connectivity index (χ2n) is 5.99. The Morgan fingerprint density at radius 1 is 1.26 bits per heavy atom. The van der Waals surface area contributed by atoms with E-state index in [0.717, 1.165) is 25.7 Å². The SMILES string of the molecule is CCC(CC)(CN)NC(=O)c1cccc(NC(=O)C2CC2)c1.Cl. The van der Waals surface area contributed by atoms with E-state index >= 15 is 0 Å². The minimum atomic E-state index is -0.371. The number of halogens is 1. The van der Waals surface area contributed by atoms with Gasteiger partial charge in [-0.2, -0.15) is 0 Å². The van der Waals surface area contributed by atoms with Crippen LogP contribution in [0.15, 0.2) is 24.3 Å². The van der Waals surface area contributed by atoms with Crippen LogP contribution in [0.2, 0.25) is 0 Å². The molecule has 2 rings (SSSR count). The molecule has 0 aromatic heterocycles. The predicted octanol–water partition coefficient (Wildman–Crippen LogP) is 2.70. The average Bonchev–Trinajstić information content (AvgIpc) is 3.38. The maximum Gasteiger partial charge on any atom is 0.251 e. The lowest BCUT2D eigenvalue weighted by Crippen LogP contribution is -2.52. The zero-order chi connectivity index (χ0) is 16.2. The van der Waals surface area contributed by atoms with Crippen LogP contribution in [-0.2, 0) is 4.79 Å². The first-order chi connectivity index (χ1) is 10.5. The van der Waals surface area contributed by atoms with Crippen molar-refractivity contribution in [3.8, 4) is 0 Å². The number of rotatable bonds is 7. The Hall–Kier alpha value is -1.59. The number of nitrogens with one attached hydrogen (secondary N) is 2. The van der Waals surface area contributed by atoms with Gasteiger partial charge >= 0.3 is 0 Å². The molecule has 0 saturated heterocycles. The maximum atomic E-state index is 12.4. The topological polar surface area (TPSA) is 84.2 Å². The zero-order valence-corrected chi connectivity index (χ0v) is 14.5. The van der Waals surface area contributed by atoms with Crippen molar-refractivity contribution in [2.24, 2.45) is 11.7 Å². The first-order valence-electron chi connectivity index (χ1n) is 7.97. The minimum absolute atomic E-state index is 0. The highest BCUT2D eigenvalue weighted by Gasteiger charge is 2.30. The minimum Gasteiger partial charge on any atom is -0.345 e. The van der Waals surface area contributed by atoms with Gasteiger partial charge in [0, 0.05) is 23.7 Å². The third-order valence-corrected chi connectivity index (χ3v) is 4.46. The van der Waals surface area contributed by atoms with Crippen molar-refractivity contribution in [3.63, 3.8) is 0 Å². The van der Waals surface area contributed by atoms with Crippen LogP contribution in [0.25, 0.3) is 0 Å². The number of nitrogens with two attached hydrogens (primary N) is 1. The summed E-state index contributed by atoms with van der Waals surface area (Å²) in [4.78, 5) is 24.2. The molecule has 0 heterocycles. The van der Waals surface area contributed by atoms with Crippen LogP contribution >= 0.6 is 12.4 Å². The van der Waals surface area contributed by atoms with E-state index in [0.29, 0.717) is 17.8 Å². The van der Waals surface area contributed by atoms with Gasteiger partial charge in [-0.25, -0.2) is 0 Å². The molecule has 0 spiro atoms. The first kappa shape index (κ1) is 19.5. The van der Waals surface area contributed by atoms with Crippen molar-refractivity contribution in [1.82, 2.24) is 5.32 Å². The molecule has 128 valence electrons. The van der Waals surface area contributed by atoms with E-state index in [2.05, 4.69) is 10.6 Å². The smallest absolute Gasteiger partial charge is 0.251 e. The van der Waals surface area contributed by atoms with Gasteiger partial charge in [0.1, 0.15) is 0 Å². The second kappa shape index (κ2) is 8.31. The van der Waals surface area contributed by atoms with Crippen LogP contribution in [0.5, 0.6) is 0 Å². The summed E-state index contributed by atoms with van der Waals surface area (Å²) in [5.41, 5.74) is 6.65. The van der Waals surface area contributed by atoms with E-state index < -0.39 is 0 Å². The summed E-state index contributed by atoms with van der Waals surface area (Å²) in [6.45, 7) is 4.44. The van der Waals surface area contributed by atoms with Gasteiger partial charge in [0.15, 0.2) is 0 Å². The van der Waals surface area contributed by atoms with Crippen LogP contribution in [0.3, 0.4) is 0 Å². The van der Waals surface area contributed by atoms with Crippen molar-refractivity contribution in [3.05, 3.63) is 29.8 Å². The highest BCUT2D eigenvalue weighted by atomic mass is 35.5.